The molecule has 0 spiro atoms. The van der Waals surface area contributed by atoms with Crippen LogP contribution in [-0.2, 0) is 5.60 Å². The maximum Gasteiger partial charge on any atom is 0.103 e. The minimum Gasteiger partial charge on any atom is -0.397 e. The smallest absolute Gasteiger partial charge is 0.103 e. The van der Waals surface area contributed by atoms with E-state index in [0.717, 1.165) is 43.1 Å². The van der Waals surface area contributed by atoms with Gasteiger partial charge in [-0.2, -0.15) is 0 Å². The van der Waals surface area contributed by atoms with Gasteiger partial charge < -0.3 is 15.7 Å². The lowest BCUT2D eigenvalue weighted by molar-refractivity contribution is -0.307. The van der Waals surface area contributed by atoms with E-state index in [2.05, 4.69) is 54.6 Å². The zero-order chi connectivity index (χ0) is 20.2. The van der Waals surface area contributed by atoms with Crippen LogP contribution in [0.25, 0.3) is 0 Å². The Bertz CT molecular complexity index is 825. The van der Waals surface area contributed by atoms with E-state index in [1.165, 1.54) is 0 Å². The summed E-state index contributed by atoms with van der Waals surface area (Å²) in [6.45, 7) is 12.6. The van der Waals surface area contributed by atoms with Gasteiger partial charge >= 0.3 is 0 Å². The van der Waals surface area contributed by atoms with Crippen LogP contribution in [0, 0.1) is 10.8 Å². The molecule has 2 heterocycles. The molecule has 0 unspecified atom stereocenters. The molecule has 0 atom stereocenters. The second-order valence-corrected chi connectivity index (χ2v) is 9.38. The molecule has 2 aromatic rings. The molecular formula is C23H32N4O. The summed E-state index contributed by atoms with van der Waals surface area (Å²) in [5.74, 6) is 0. The van der Waals surface area contributed by atoms with E-state index >= 15 is 0 Å². The molecule has 28 heavy (non-hydrogen) atoms. The topological polar surface area (TPSA) is 65.6 Å². The number of aromatic nitrogens is 1. The zero-order valence-corrected chi connectivity index (χ0v) is 17.4. The van der Waals surface area contributed by atoms with Crippen LogP contribution in [0.5, 0.6) is 0 Å². The quantitative estimate of drug-likeness (QED) is 0.857. The summed E-state index contributed by atoms with van der Waals surface area (Å²) in [5.41, 5.74) is 7.63. The average Bonchev–Trinajstić information content (AvgIpc) is 2.68. The van der Waals surface area contributed by atoms with E-state index < -0.39 is 5.60 Å². The molecular weight excluding hydrogens is 348 g/mol. The molecule has 1 saturated heterocycles. The number of nitrogen functional groups attached to an aromatic ring is 1. The van der Waals surface area contributed by atoms with Crippen molar-refractivity contribution in [3.8, 4) is 0 Å². The summed E-state index contributed by atoms with van der Waals surface area (Å²) in [6.07, 6.45) is 3.59. The maximum atomic E-state index is 11.8. The number of hydrogen-bond acceptors (Lipinski definition) is 5. The largest absolute Gasteiger partial charge is 0.397 e. The second kappa shape index (κ2) is 6.46. The van der Waals surface area contributed by atoms with Gasteiger partial charge in [-0.15, -0.1) is 0 Å². The lowest BCUT2D eigenvalue weighted by atomic mass is 9.39. The Kier molecular flexibility index (Phi) is 4.43. The average molecular weight is 381 g/mol. The molecule has 0 bridgehead atoms. The van der Waals surface area contributed by atoms with E-state index in [-0.39, 0.29) is 10.8 Å². The summed E-state index contributed by atoms with van der Waals surface area (Å²) in [4.78, 5) is 9.11. The molecule has 4 rings (SSSR count). The van der Waals surface area contributed by atoms with Gasteiger partial charge in [-0.1, -0.05) is 58.0 Å². The van der Waals surface area contributed by atoms with Crippen LogP contribution in [-0.4, -0.2) is 47.2 Å². The fourth-order valence-electron chi connectivity index (χ4n) is 6.27. The number of aliphatic hydroxyl groups is 1. The molecule has 3 N–H and O–H groups in total. The molecule has 5 heteroatoms. The fourth-order valence-corrected chi connectivity index (χ4v) is 6.27. The molecule has 1 aliphatic heterocycles. The van der Waals surface area contributed by atoms with Crippen LogP contribution >= 0.6 is 0 Å². The Morgan fingerprint density at radius 1 is 0.964 bits per heavy atom. The Morgan fingerprint density at radius 2 is 1.57 bits per heavy atom. The standard InChI is InChI=1S/C23H32N4O/c1-21(2)20(22(3,4)23(21,28)17-8-6-5-7-9-17)27-14-12-26(13-15-27)19-16-25-11-10-18(19)24/h5-11,16,20,28H,12-15H2,1-4H3,(H2,24,25). The summed E-state index contributed by atoms with van der Waals surface area (Å²) >= 11 is 0. The van der Waals surface area contributed by atoms with E-state index in [4.69, 9.17) is 5.73 Å². The van der Waals surface area contributed by atoms with Crippen LogP contribution in [0.2, 0.25) is 0 Å². The van der Waals surface area contributed by atoms with Crippen molar-refractivity contribution in [3.05, 3.63) is 54.4 Å². The molecule has 5 nitrogen and oxygen atoms in total. The molecule has 0 amide bonds. The van der Waals surface area contributed by atoms with Crippen molar-refractivity contribution in [2.45, 2.75) is 39.3 Å². The predicted molar refractivity (Wildman–Crippen MR) is 114 cm³/mol. The van der Waals surface area contributed by atoms with Gasteiger partial charge in [0.1, 0.15) is 5.60 Å². The summed E-state index contributed by atoms with van der Waals surface area (Å²) in [7, 11) is 0. The van der Waals surface area contributed by atoms with Crippen LogP contribution in [0.4, 0.5) is 11.4 Å². The molecule has 1 aromatic heterocycles. The number of hydrogen-bond donors (Lipinski definition) is 2. The normalized spacial score (nSPS) is 29.3. The number of rotatable bonds is 3. The minimum absolute atomic E-state index is 0.243. The van der Waals surface area contributed by atoms with Crippen LogP contribution in [0.15, 0.2) is 48.8 Å². The Hall–Kier alpha value is -2.11. The molecule has 2 aliphatic rings. The van der Waals surface area contributed by atoms with Gasteiger partial charge in [0.05, 0.1) is 17.6 Å². The lowest BCUT2D eigenvalue weighted by Crippen LogP contribution is -2.79. The highest BCUT2D eigenvalue weighted by Gasteiger charge is 2.73. The number of piperazine rings is 1. The van der Waals surface area contributed by atoms with Gasteiger partial charge in [-0.3, -0.25) is 9.88 Å². The Balaban J connectivity index is 1.54. The minimum atomic E-state index is -0.850. The summed E-state index contributed by atoms with van der Waals surface area (Å²) in [5, 5.41) is 11.8. The van der Waals surface area contributed by atoms with Gasteiger partial charge in [0, 0.05) is 49.2 Å². The van der Waals surface area contributed by atoms with Crippen molar-refractivity contribution in [1.82, 2.24) is 9.88 Å². The zero-order valence-electron chi connectivity index (χ0n) is 17.4. The maximum absolute atomic E-state index is 11.8. The Morgan fingerprint density at radius 3 is 2.14 bits per heavy atom. The predicted octanol–water partition coefficient (Wildman–Crippen LogP) is 3.11. The summed E-state index contributed by atoms with van der Waals surface area (Å²) < 4.78 is 0. The second-order valence-electron chi connectivity index (χ2n) is 9.38. The first-order chi connectivity index (χ1) is 13.2. The first kappa shape index (κ1) is 19.2. The molecule has 1 saturated carbocycles. The van der Waals surface area contributed by atoms with Gasteiger partial charge in [0.25, 0.3) is 0 Å². The Labute approximate surface area is 168 Å². The van der Waals surface area contributed by atoms with E-state index in [0.29, 0.717) is 6.04 Å². The number of anilines is 2. The first-order valence-corrected chi connectivity index (χ1v) is 10.2. The van der Waals surface area contributed by atoms with E-state index in [9.17, 15) is 5.11 Å². The van der Waals surface area contributed by atoms with Gasteiger partial charge in [0.15, 0.2) is 0 Å². The van der Waals surface area contributed by atoms with Crippen molar-refractivity contribution in [1.29, 1.82) is 0 Å². The van der Waals surface area contributed by atoms with Crippen molar-refractivity contribution in [2.75, 3.05) is 36.8 Å². The number of nitrogens with two attached hydrogens (primary N) is 1. The summed E-state index contributed by atoms with van der Waals surface area (Å²) in [6, 6.07) is 12.3. The highest BCUT2D eigenvalue weighted by molar-refractivity contribution is 5.66. The van der Waals surface area contributed by atoms with E-state index in [1.807, 2.05) is 30.5 Å². The SMILES string of the molecule is CC1(C)C(N2CCN(c3cnccc3N)CC2)C(C)(C)C1(O)c1ccccc1. The van der Waals surface area contributed by atoms with Crippen molar-refractivity contribution < 1.29 is 5.11 Å². The molecule has 2 fully saturated rings. The highest BCUT2D eigenvalue weighted by atomic mass is 16.3. The van der Waals surface area contributed by atoms with Crippen LogP contribution < -0.4 is 10.6 Å². The van der Waals surface area contributed by atoms with Gasteiger partial charge in [-0.05, 0) is 11.6 Å². The van der Waals surface area contributed by atoms with Gasteiger partial charge in [0.2, 0.25) is 0 Å². The fraction of sp³-hybridized carbons (Fsp3) is 0.522. The van der Waals surface area contributed by atoms with Crippen LogP contribution in [0.3, 0.4) is 0 Å². The monoisotopic (exact) mass is 380 g/mol. The molecule has 0 radical (unpaired) electrons. The molecule has 1 aromatic carbocycles. The van der Waals surface area contributed by atoms with Crippen molar-refractivity contribution in [2.24, 2.45) is 10.8 Å². The van der Waals surface area contributed by atoms with E-state index in [1.54, 1.807) is 6.20 Å². The third-order valence-electron chi connectivity index (χ3n) is 7.28. The lowest BCUT2D eigenvalue weighted by Gasteiger charge is -2.72. The molecule has 1 aliphatic carbocycles. The third kappa shape index (κ3) is 2.49. The number of pyridine rings is 1. The van der Waals surface area contributed by atoms with Crippen molar-refractivity contribution >= 4 is 11.4 Å². The van der Waals surface area contributed by atoms with Crippen LogP contribution in [0.1, 0.15) is 33.3 Å². The third-order valence-corrected chi connectivity index (χ3v) is 7.28. The highest BCUT2D eigenvalue weighted by Crippen LogP contribution is 2.68. The number of nitrogens with zero attached hydrogens (tertiary/aromatic N) is 3. The van der Waals surface area contributed by atoms with Gasteiger partial charge in [-0.25, -0.2) is 0 Å². The molecule has 150 valence electrons. The van der Waals surface area contributed by atoms with Crippen molar-refractivity contribution in [3.63, 3.8) is 0 Å². The number of benzene rings is 1. The first-order valence-electron chi connectivity index (χ1n) is 10.2.